The molecule has 2 bridgehead atoms. The summed E-state index contributed by atoms with van der Waals surface area (Å²) in [6, 6.07) is 3.01. The fraction of sp³-hybridized carbons (Fsp3) is 0.286. The lowest BCUT2D eigenvalue weighted by atomic mass is 9.66. The Morgan fingerprint density at radius 2 is 2.03 bits per heavy atom. The molecule has 4 aromatic rings. The van der Waals surface area contributed by atoms with Gasteiger partial charge in [-0.05, 0) is 42.2 Å². The number of pyridine rings is 1. The molecule has 1 fully saturated rings. The zero-order valence-corrected chi connectivity index (χ0v) is 18.2. The van der Waals surface area contributed by atoms with Gasteiger partial charge in [0.05, 0.1) is 22.9 Å². The van der Waals surface area contributed by atoms with Crippen LogP contribution in [-0.4, -0.2) is 42.3 Å². The number of carbonyl (C=O) groups is 1. The molecule has 164 valence electrons. The first-order valence-corrected chi connectivity index (χ1v) is 10.9. The molecule has 0 saturated heterocycles. The van der Waals surface area contributed by atoms with Crippen LogP contribution in [0.4, 0.5) is 10.2 Å². The average Bonchev–Trinajstić information content (AvgIpc) is 3.41. The Morgan fingerprint density at radius 3 is 2.81 bits per heavy atom. The molecule has 0 spiro atoms. The van der Waals surface area contributed by atoms with E-state index in [9.17, 15) is 14.3 Å². The van der Waals surface area contributed by atoms with E-state index in [2.05, 4.69) is 31.6 Å². The lowest BCUT2D eigenvalue weighted by molar-refractivity contribution is -0.145. The van der Waals surface area contributed by atoms with Crippen LogP contribution >= 0.6 is 23.7 Å². The zero-order valence-electron chi connectivity index (χ0n) is 16.5. The normalized spacial score (nSPS) is 24.0. The highest BCUT2D eigenvalue weighted by Gasteiger charge is 2.45. The lowest BCUT2D eigenvalue weighted by Crippen LogP contribution is -2.49. The van der Waals surface area contributed by atoms with E-state index in [0.29, 0.717) is 28.4 Å². The molecule has 32 heavy (non-hydrogen) atoms. The molecule has 1 saturated carbocycles. The number of nitrogens with one attached hydrogen (secondary N) is 2. The number of carboxylic acid groups (broad SMARTS) is 1. The molecule has 3 aliphatic rings. The van der Waals surface area contributed by atoms with Gasteiger partial charge < -0.3 is 10.4 Å². The number of anilines is 1. The molecule has 8 nitrogen and oxygen atoms in total. The lowest BCUT2D eigenvalue weighted by Gasteiger charge is -2.43. The van der Waals surface area contributed by atoms with Gasteiger partial charge in [-0.25, -0.2) is 19.3 Å². The van der Waals surface area contributed by atoms with Crippen molar-refractivity contribution < 1.29 is 14.3 Å². The molecule has 3 N–H and O–H groups in total. The standard InChI is InChI=1S/C21H17FN6O2S.ClH/c22-11-7-13-16(27-28-17(13)23-8-11)19-25-18(12-5-6-31-20(12)26-19)24-15-10-3-1-9(2-4-10)14(15)21(29)30;/h1,3,5-10,14-15H,2,4H2,(H,29,30)(H,23,27,28)(H,24,25,26);1H/t9?,10?,14-,15-;/m0./s1. The van der Waals surface area contributed by atoms with Crippen molar-refractivity contribution >= 4 is 56.8 Å². The van der Waals surface area contributed by atoms with Crippen molar-refractivity contribution in [3.05, 3.63) is 41.7 Å². The van der Waals surface area contributed by atoms with Crippen molar-refractivity contribution in [3.63, 3.8) is 0 Å². The number of thiophene rings is 1. The van der Waals surface area contributed by atoms with Crippen LogP contribution in [0.5, 0.6) is 0 Å². The number of rotatable bonds is 4. The maximum absolute atomic E-state index is 13.8. The predicted octanol–water partition coefficient (Wildman–Crippen LogP) is 4.27. The van der Waals surface area contributed by atoms with Crippen molar-refractivity contribution in [2.75, 3.05) is 5.32 Å². The summed E-state index contributed by atoms with van der Waals surface area (Å²) < 4.78 is 13.8. The SMILES string of the molecule is Cl.O=C(O)[C@H]1C2C=CC(CC2)[C@@H]1Nc1nc(-c2[nH]nc3ncc(F)cc23)nc2sccc12. The number of aliphatic carboxylic acids is 1. The van der Waals surface area contributed by atoms with E-state index in [-0.39, 0.29) is 30.3 Å². The van der Waals surface area contributed by atoms with Gasteiger partial charge in [-0.15, -0.1) is 23.7 Å². The Labute approximate surface area is 191 Å². The first-order valence-electron chi connectivity index (χ1n) is 10.0. The summed E-state index contributed by atoms with van der Waals surface area (Å²) in [6.45, 7) is 0. The molecule has 4 atom stereocenters. The van der Waals surface area contributed by atoms with E-state index in [0.717, 1.165) is 29.3 Å². The molecular formula is C21H18ClFN6O2S. The molecule has 0 aromatic carbocycles. The van der Waals surface area contributed by atoms with Gasteiger partial charge in [0.2, 0.25) is 0 Å². The number of aromatic amines is 1. The minimum Gasteiger partial charge on any atom is -0.481 e. The molecule has 4 heterocycles. The summed E-state index contributed by atoms with van der Waals surface area (Å²) >= 11 is 1.46. The first-order chi connectivity index (χ1) is 15.1. The summed E-state index contributed by atoms with van der Waals surface area (Å²) in [6.07, 6.45) is 7.10. The molecular weight excluding hydrogens is 455 g/mol. The summed E-state index contributed by atoms with van der Waals surface area (Å²) in [5.41, 5.74) is 0.849. The fourth-order valence-electron chi connectivity index (χ4n) is 4.81. The molecule has 11 heteroatoms. The Bertz CT molecular complexity index is 1370. The van der Waals surface area contributed by atoms with E-state index in [1.165, 1.54) is 17.4 Å². The largest absolute Gasteiger partial charge is 0.481 e. The Morgan fingerprint density at radius 1 is 1.22 bits per heavy atom. The number of carboxylic acids is 1. The van der Waals surface area contributed by atoms with Gasteiger partial charge in [-0.3, -0.25) is 9.89 Å². The highest BCUT2D eigenvalue weighted by molar-refractivity contribution is 7.16. The minimum atomic E-state index is -0.798. The van der Waals surface area contributed by atoms with Crippen molar-refractivity contribution in [3.8, 4) is 11.5 Å². The van der Waals surface area contributed by atoms with Gasteiger partial charge in [0.15, 0.2) is 11.5 Å². The number of hydrogen-bond donors (Lipinski definition) is 3. The first kappa shape index (κ1) is 20.8. The Balaban J connectivity index is 0.00000216. The third-order valence-corrected chi connectivity index (χ3v) is 7.07. The van der Waals surface area contributed by atoms with E-state index >= 15 is 0 Å². The predicted molar refractivity (Wildman–Crippen MR) is 121 cm³/mol. The molecule has 0 amide bonds. The van der Waals surface area contributed by atoms with Crippen LogP contribution in [0, 0.1) is 23.6 Å². The summed E-state index contributed by atoms with van der Waals surface area (Å²) in [5, 5.41) is 23.5. The van der Waals surface area contributed by atoms with Crippen LogP contribution in [0.1, 0.15) is 12.8 Å². The second-order valence-corrected chi connectivity index (χ2v) is 8.88. The highest BCUT2D eigenvalue weighted by atomic mass is 35.5. The average molecular weight is 473 g/mol. The monoisotopic (exact) mass is 472 g/mol. The number of aromatic nitrogens is 5. The summed E-state index contributed by atoms with van der Waals surface area (Å²) in [7, 11) is 0. The molecule has 7 rings (SSSR count). The molecule has 0 aliphatic heterocycles. The minimum absolute atomic E-state index is 0. The maximum Gasteiger partial charge on any atom is 0.309 e. The van der Waals surface area contributed by atoms with Crippen molar-refractivity contribution in [2.24, 2.45) is 17.8 Å². The van der Waals surface area contributed by atoms with Gasteiger partial charge in [0, 0.05) is 6.04 Å². The number of halogens is 2. The van der Waals surface area contributed by atoms with Crippen LogP contribution < -0.4 is 5.32 Å². The number of H-pyrrole nitrogens is 1. The number of nitrogens with zero attached hydrogens (tertiary/aromatic N) is 4. The van der Waals surface area contributed by atoms with Gasteiger partial charge in [-0.1, -0.05) is 12.2 Å². The highest BCUT2D eigenvalue weighted by Crippen LogP contribution is 2.43. The van der Waals surface area contributed by atoms with Crippen LogP contribution in [0.15, 0.2) is 35.9 Å². The second kappa shape index (κ2) is 7.79. The van der Waals surface area contributed by atoms with Crippen molar-refractivity contribution in [1.29, 1.82) is 0 Å². The van der Waals surface area contributed by atoms with Crippen molar-refractivity contribution in [1.82, 2.24) is 25.1 Å². The molecule has 4 aromatic heterocycles. The van der Waals surface area contributed by atoms with Gasteiger partial charge >= 0.3 is 5.97 Å². The number of hydrogen-bond acceptors (Lipinski definition) is 7. The Kier molecular flexibility index (Phi) is 5.06. The fourth-order valence-corrected chi connectivity index (χ4v) is 5.57. The summed E-state index contributed by atoms with van der Waals surface area (Å²) in [4.78, 5) is 26.1. The van der Waals surface area contributed by atoms with Crippen molar-refractivity contribution in [2.45, 2.75) is 18.9 Å². The molecule has 2 unspecified atom stereocenters. The van der Waals surface area contributed by atoms with Gasteiger partial charge in [0.1, 0.15) is 22.2 Å². The quantitative estimate of drug-likeness (QED) is 0.380. The maximum atomic E-state index is 13.8. The second-order valence-electron chi connectivity index (χ2n) is 7.98. The van der Waals surface area contributed by atoms with Crippen LogP contribution in [-0.2, 0) is 4.79 Å². The van der Waals surface area contributed by atoms with Gasteiger partial charge in [-0.2, -0.15) is 5.10 Å². The third kappa shape index (κ3) is 3.21. The Hall–Kier alpha value is -3.11. The van der Waals surface area contributed by atoms with E-state index in [1.807, 2.05) is 17.5 Å². The van der Waals surface area contributed by atoms with E-state index in [1.54, 1.807) is 0 Å². The third-order valence-electron chi connectivity index (χ3n) is 6.26. The van der Waals surface area contributed by atoms with E-state index in [4.69, 9.17) is 4.98 Å². The topological polar surface area (TPSA) is 117 Å². The zero-order chi connectivity index (χ0) is 21.1. The van der Waals surface area contributed by atoms with Crippen LogP contribution in [0.3, 0.4) is 0 Å². The van der Waals surface area contributed by atoms with Gasteiger partial charge in [0.25, 0.3) is 0 Å². The number of allylic oxidation sites excluding steroid dienone is 1. The van der Waals surface area contributed by atoms with E-state index < -0.39 is 17.7 Å². The van der Waals surface area contributed by atoms with Crippen LogP contribution in [0.2, 0.25) is 0 Å². The molecule has 3 aliphatic carbocycles. The van der Waals surface area contributed by atoms with Crippen LogP contribution in [0.25, 0.3) is 32.8 Å². The smallest absolute Gasteiger partial charge is 0.309 e. The number of fused-ring (bicyclic) bond motifs is 4. The molecule has 0 radical (unpaired) electrons. The summed E-state index contributed by atoms with van der Waals surface area (Å²) in [5.74, 6) is -0.702.